The van der Waals surface area contributed by atoms with Crippen LogP contribution in [0.1, 0.15) is 24.2 Å². The van der Waals surface area contributed by atoms with Crippen molar-refractivity contribution in [3.05, 3.63) is 29.8 Å². The zero-order valence-corrected chi connectivity index (χ0v) is 10.2. The topological polar surface area (TPSA) is 63.2 Å². The molecule has 0 bridgehead atoms. The normalized spacial score (nSPS) is 11.1. The smallest absolute Gasteiger partial charge is 0.251 e. The second-order valence-electron chi connectivity index (χ2n) is 3.29. The van der Waals surface area contributed by atoms with Crippen LogP contribution in [0.25, 0.3) is 0 Å². The summed E-state index contributed by atoms with van der Waals surface area (Å²) in [6, 6.07) is 6.08. The van der Waals surface area contributed by atoms with Crippen LogP contribution < -0.4 is 5.32 Å². The van der Waals surface area contributed by atoms with E-state index < -0.39 is 9.84 Å². The SMILES string of the molecule is CCNC(=O)c1cccc(S(=O)(=O)CC)c1. The van der Waals surface area contributed by atoms with Gasteiger partial charge in [0.2, 0.25) is 0 Å². The lowest BCUT2D eigenvalue weighted by atomic mass is 10.2. The van der Waals surface area contributed by atoms with Gasteiger partial charge >= 0.3 is 0 Å². The summed E-state index contributed by atoms with van der Waals surface area (Å²) < 4.78 is 23.2. The van der Waals surface area contributed by atoms with Crippen LogP contribution in [0.15, 0.2) is 29.2 Å². The molecule has 0 spiro atoms. The van der Waals surface area contributed by atoms with Crippen LogP contribution in [0.3, 0.4) is 0 Å². The summed E-state index contributed by atoms with van der Waals surface area (Å²) in [6.07, 6.45) is 0. The Morgan fingerprint density at radius 1 is 1.31 bits per heavy atom. The maximum Gasteiger partial charge on any atom is 0.251 e. The zero-order chi connectivity index (χ0) is 12.2. The van der Waals surface area contributed by atoms with Gasteiger partial charge < -0.3 is 5.32 Å². The Labute approximate surface area is 95.6 Å². The van der Waals surface area contributed by atoms with Gasteiger partial charge in [-0.2, -0.15) is 0 Å². The summed E-state index contributed by atoms with van der Waals surface area (Å²) in [6.45, 7) is 3.91. The third-order valence-corrected chi connectivity index (χ3v) is 3.90. The number of carbonyl (C=O) groups is 1. The molecule has 0 unspecified atom stereocenters. The molecule has 0 saturated carbocycles. The minimum absolute atomic E-state index is 0.0336. The van der Waals surface area contributed by atoms with Crippen molar-refractivity contribution in [1.82, 2.24) is 5.32 Å². The van der Waals surface area contributed by atoms with Crippen LogP contribution >= 0.6 is 0 Å². The molecule has 0 atom stereocenters. The third kappa shape index (κ3) is 2.82. The molecule has 0 heterocycles. The lowest BCUT2D eigenvalue weighted by Gasteiger charge is -2.05. The average Bonchev–Trinajstić information content (AvgIpc) is 2.29. The number of nitrogens with one attached hydrogen (secondary N) is 1. The second kappa shape index (κ2) is 5.12. The molecular weight excluding hydrogens is 226 g/mol. The largest absolute Gasteiger partial charge is 0.352 e. The maximum atomic E-state index is 11.6. The van der Waals surface area contributed by atoms with Gasteiger partial charge in [0.25, 0.3) is 5.91 Å². The van der Waals surface area contributed by atoms with Gasteiger partial charge in [-0.1, -0.05) is 13.0 Å². The summed E-state index contributed by atoms with van der Waals surface area (Å²) in [5.41, 5.74) is 0.372. The van der Waals surface area contributed by atoms with Crippen molar-refractivity contribution >= 4 is 15.7 Å². The molecule has 0 aliphatic carbocycles. The summed E-state index contributed by atoms with van der Waals surface area (Å²) in [7, 11) is -3.25. The third-order valence-electron chi connectivity index (χ3n) is 2.17. The Kier molecular flexibility index (Phi) is 4.06. The Morgan fingerprint density at radius 2 is 2.00 bits per heavy atom. The first-order chi connectivity index (χ1) is 7.51. The summed E-state index contributed by atoms with van der Waals surface area (Å²) in [4.78, 5) is 11.7. The van der Waals surface area contributed by atoms with E-state index in [-0.39, 0.29) is 16.6 Å². The molecule has 1 aromatic carbocycles. The lowest BCUT2D eigenvalue weighted by Crippen LogP contribution is -2.22. The lowest BCUT2D eigenvalue weighted by molar-refractivity contribution is 0.0955. The van der Waals surface area contributed by atoms with Gasteiger partial charge in [-0.15, -0.1) is 0 Å². The van der Waals surface area contributed by atoms with Crippen LogP contribution in [0.4, 0.5) is 0 Å². The first-order valence-electron chi connectivity index (χ1n) is 5.12. The number of benzene rings is 1. The molecule has 0 fully saturated rings. The monoisotopic (exact) mass is 241 g/mol. The number of sulfone groups is 1. The van der Waals surface area contributed by atoms with Gasteiger partial charge in [0.05, 0.1) is 10.6 Å². The Hall–Kier alpha value is -1.36. The average molecular weight is 241 g/mol. The Balaban J connectivity index is 3.10. The predicted molar refractivity (Wildman–Crippen MR) is 62.2 cm³/mol. The van der Waals surface area contributed by atoms with Crippen LogP contribution in [-0.2, 0) is 9.84 Å². The van der Waals surface area contributed by atoms with Crippen molar-refractivity contribution in [3.63, 3.8) is 0 Å². The molecular formula is C11H15NO3S. The minimum atomic E-state index is -3.25. The number of hydrogen-bond donors (Lipinski definition) is 1. The highest BCUT2D eigenvalue weighted by molar-refractivity contribution is 7.91. The zero-order valence-electron chi connectivity index (χ0n) is 9.36. The molecule has 0 aliphatic rings. The van der Waals surface area contributed by atoms with E-state index in [4.69, 9.17) is 0 Å². The number of hydrogen-bond acceptors (Lipinski definition) is 3. The van der Waals surface area contributed by atoms with Gasteiger partial charge in [0.15, 0.2) is 9.84 Å². The van der Waals surface area contributed by atoms with Gasteiger partial charge in [-0.25, -0.2) is 8.42 Å². The molecule has 4 nitrogen and oxygen atoms in total. The fourth-order valence-electron chi connectivity index (χ4n) is 1.26. The molecule has 16 heavy (non-hydrogen) atoms. The van der Waals surface area contributed by atoms with Crippen LogP contribution in [-0.4, -0.2) is 26.6 Å². The highest BCUT2D eigenvalue weighted by Crippen LogP contribution is 2.13. The van der Waals surface area contributed by atoms with Gasteiger partial charge in [0.1, 0.15) is 0 Å². The number of amides is 1. The van der Waals surface area contributed by atoms with Crippen molar-refractivity contribution in [2.45, 2.75) is 18.7 Å². The molecule has 1 N–H and O–H groups in total. The molecule has 5 heteroatoms. The highest BCUT2D eigenvalue weighted by atomic mass is 32.2. The van der Waals surface area contributed by atoms with E-state index in [0.29, 0.717) is 12.1 Å². The van der Waals surface area contributed by atoms with E-state index in [1.807, 2.05) is 6.92 Å². The van der Waals surface area contributed by atoms with E-state index in [2.05, 4.69) is 5.32 Å². The molecule has 0 radical (unpaired) electrons. The molecule has 0 saturated heterocycles. The van der Waals surface area contributed by atoms with Crippen molar-refractivity contribution in [2.75, 3.05) is 12.3 Å². The number of rotatable bonds is 4. The molecule has 1 rings (SSSR count). The molecule has 1 amide bonds. The summed E-state index contributed by atoms with van der Waals surface area (Å²) in [5, 5.41) is 2.62. The standard InChI is InChI=1S/C11H15NO3S/c1-3-12-11(13)9-6-5-7-10(8-9)16(14,15)4-2/h5-8H,3-4H2,1-2H3,(H,12,13). The molecule has 0 aromatic heterocycles. The van der Waals surface area contributed by atoms with Crippen molar-refractivity contribution in [2.24, 2.45) is 0 Å². The summed E-state index contributed by atoms with van der Waals surface area (Å²) >= 11 is 0. The van der Waals surface area contributed by atoms with Crippen molar-refractivity contribution in [3.8, 4) is 0 Å². The number of carbonyl (C=O) groups excluding carboxylic acids is 1. The van der Waals surface area contributed by atoms with E-state index >= 15 is 0 Å². The van der Waals surface area contributed by atoms with E-state index in [9.17, 15) is 13.2 Å². The maximum absolute atomic E-state index is 11.6. The van der Waals surface area contributed by atoms with E-state index in [0.717, 1.165) is 0 Å². The second-order valence-corrected chi connectivity index (χ2v) is 5.57. The predicted octanol–water partition coefficient (Wildman–Crippen LogP) is 1.23. The van der Waals surface area contributed by atoms with Crippen LogP contribution in [0.2, 0.25) is 0 Å². The fraction of sp³-hybridized carbons (Fsp3) is 0.364. The van der Waals surface area contributed by atoms with Gasteiger partial charge in [-0.3, -0.25) is 4.79 Å². The first kappa shape index (κ1) is 12.7. The fourth-order valence-corrected chi connectivity index (χ4v) is 2.19. The van der Waals surface area contributed by atoms with Gasteiger partial charge in [-0.05, 0) is 25.1 Å². The Bertz CT molecular complexity index is 480. The van der Waals surface area contributed by atoms with Crippen molar-refractivity contribution < 1.29 is 13.2 Å². The molecule has 88 valence electrons. The molecule has 1 aromatic rings. The summed E-state index contributed by atoms with van der Waals surface area (Å²) in [5.74, 6) is -0.220. The first-order valence-corrected chi connectivity index (χ1v) is 6.77. The van der Waals surface area contributed by atoms with Gasteiger partial charge in [0, 0.05) is 12.1 Å². The highest BCUT2D eigenvalue weighted by Gasteiger charge is 2.13. The quantitative estimate of drug-likeness (QED) is 0.862. The van der Waals surface area contributed by atoms with Crippen molar-refractivity contribution in [1.29, 1.82) is 0 Å². The van der Waals surface area contributed by atoms with Crippen LogP contribution in [0, 0.1) is 0 Å². The minimum Gasteiger partial charge on any atom is -0.352 e. The van der Waals surface area contributed by atoms with Crippen LogP contribution in [0.5, 0.6) is 0 Å². The molecule has 0 aliphatic heterocycles. The van der Waals surface area contributed by atoms with E-state index in [1.54, 1.807) is 19.1 Å². The van der Waals surface area contributed by atoms with E-state index in [1.165, 1.54) is 12.1 Å². The Morgan fingerprint density at radius 3 is 2.56 bits per heavy atom.